The van der Waals surface area contributed by atoms with E-state index in [-0.39, 0.29) is 5.92 Å². The summed E-state index contributed by atoms with van der Waals surface area (Å²) in [6.45, 7) is 0. The highest BCUT2D eigenvalue weighted by Crippen LogP contribution is 2.45. The van der Waals surface area contributed by atoms with Gasteiger partial charge in [0.05, 0.1) is 22.2 Å². The van der Waals surface area contributed by atoms with Crippen molar-refractivity contribution in [2.24, 2.45) is 0 Å². The quantitative estimate of drug-likeness (QED) is 0.197. The second kappa shape index (κ2) is 10.7. The van der Waals surface area contributed by atoms with Gasteiger partial charge in [0.15, 0.2) is 0 Å². The van der Waals surface area contributed by atoms with Gasteiger partial charge in [0.2, 0.25) is 0 Å². The maximum absolute atomic E-state index is 6.69. The third kappa shape index (κ3) is 4.18. The van der Waals surface area contributed by atoms with Gasteiger partial charge in [-0.3, -0.25) is 0 Å². The lowest BCUT2D eigenvalue weighted by atomic mass is 9.82. The summed E-state index contributed by atoms with van der Waals surface area (Å²) in [7, 11) is 0. The first-order valence-corrected chi connectivity index (χ1v) is 16.6. The van der Waals surface area contributed by atoms with Crippen LogP contribution in [0, 0.1) is 0 Å². The van der Waals surface area contributed by atoms with E-state index < -0.39 is 0 Å². The van der Waals surface area contributed by atoms with E-state index in [4.69, 9.17) is 9.40 Å². The first-order chi connectivity index (χ1) is 23.8. The van der Waals surface area contributed by atoms with Crippen molar-refractivity contribution >= 4 is 49.8 Å². The third-order valence-corrected chi connectivity index (χ3v) is 9.96. The molecule has 3 heterocycles. The number of para-hydroxylation sites is 2. The minimum absolute atomic E-state index is 0.150. The number of allylic oxidation sites excluding steroid dienone is 1. The number of benzene rings is 6. The van der Waals surface area contributed by atoms with Crippen LogP contribution in [0.3, 0.4) is 0 Å². The molecular weight excluding hydrogens is 585 g/mol. The summed E-state index contributed by atoms with van der Waals surface area (Å²) in [6.07, 6.45) is 5.31. The molecule has 3 heteroatoms. The second-order valence-electron chi connectivity index (χ2n) is 12.7. The maximum Gasteiger partial charge on any atom is 0.137 e. The van der Waals surface area contributed by atoms with Gasteiger partial charge in [0.25, 0.3) is 0 Å². The van der Waals surface area contributed by atoms with E-state index in [9.17, 15) is 0 Å². The zero-order chi connectivity index (χ0) is 31.6. The average molecular weight is 615 g/mol. The van der Waals surface area contributed by atoms with Crippen LogP contribution in [0.25, 0.3) is 77.8 Å². The smallest absolute Gasteiger partial charge is 0.137 e. The molecule has 1 unspecified atom stereocenters. The van der Waals surface area contributed by atoms with Gasteiger partial charge in [-0.25, -0.2) is 4.98 Å². The highest BCUT2D eigenvalue weighted by atomic mass is 16.3. The fraction of sp³-hybridized carbons (Fsp3) is 0.0444. The highest BCUT2D eigenvalue weighted by Gasteiger charge is 2.28. The van der Waals surface area contributed by atoms with E-state index >= 15 is 0 Å². The van der Waals surface area contributed by atoms with Crippen molar-refractivity contribution < 1.29 is 4.42 Å². The molecule has 9 aromatic rings. The summed E-state index contributed by atoms with van der Waals surface area (Å²) >= 11 is 0. The van der Waals surface area contributed by atoms with Crippen molar-refractivity contribution in [1.82, 2.24) is 9.55 Å². The zero-order valence-electron chi connectivity index (χ0n) is 26.2. The molecule has 6 aromatic carbocycles. The minimum atomic E-state index is 0.150. The van der Waals surface area contributed by atoms with Crippen molar-refractivity contribution in [3.63, 3.8) is 0 Å². The molecule has 0 aliphatic heterocycles. The number of hydrogen-bond acceptors (Lipinski definition) is 2. The van der Waals surface area contributed by atoms with Crippen molar-refractivity contribution in [2.45, 2.75) is 12.3 Å². The number of fused-ring (bicyclic) bond motifs is 7. The standard InChI is InChI=1S/C45H30N2O/c1-3-12-29(13-4-1)31-22-25-42-38(26-31)34-17-8-10-20-41(34)47(42)32-23-24-36-44(27-32)48-43-21-11-18-35(45(36)43)37-28-40(30-14-5-2-6-15-30)46-39-19-9-7-16-33(37)39/h1-17,19-28,35H,18H2. The summed E-state index contributed by atoms with van der Waals surface area (Å²) < 4.78 is 9.06. The van der Waals surface area contributed by atoms with Crippen LogP contribution in [0.1, 0.15) is 29.2 Å². The van der Waals surface area contributed by atoms with Crippen molar-refractivity contribution in [3.05, 3.63) is 175 Å². The molecule has 0 N–H and O–H groups in total. The molecule has 10 rings (SSSR count). The molecule has 0 bridgehead atoms. The summed E-state index contributed by atoms with van der Waals surface area (Å²) in [5, 5.41) is 4.84. The zero-order valence-corrected chi connectivity index (χ0v) is 26.2. The highest BCUT2D eigenvalue weighted by molar-refractivity contribution is 6.10. The van der Waals surface area contributed by atoms with Crippen LogP contribution < -0.4 is 0 Å². The first kappa shape index (κ1) is 27.0. The fourth-order valence-electron chi connectivity index (χ4n) is 7.77. The molecule has 0 saturated heterocycles. The van der Waals surface area contributed by atoms with Crippen LogP contribution in [-0.4, -0.2) is 9.55 Å². The Kier molecular flexibility index (Phi) is 6.00. The molecule has 3 aromatic heterocycles. The van der Waals surface area contributed by atoms with Crippen molar-refractivity contribution in [2.75, 3.05) is 0 Å². The van der Waals surface area contributed by atoms with Gasteiger partial charge in [-0.15, -0.1) is 0 Å². The van der Waals surface area contributed by atoms with E-state index in [0.717, 1.165) is 45.6 Å². The summed E-state index contributed by atoms with van der Waals surface area (Å²) in [5.41, 5.74) is 12.5. The third-order valence-electron chi connectivity index (χ3n) is 9.96. The monoisotopic (exact) mass is 614 g/mol. The van der Waals surface area contributed by atoms with E-state index in [2.05, 4.69) is 168 Å². The minimum Gasteiger partial charge on any atom is -0.456 e. The predicted octanol–water partition coefficient (Wildman–Crippen LogP) is 12.0. The molecule has 0 fully saturated rings. The van der Waals surface area contributed by atoms with E-state index in [1.54, 1.807) is 0 Å². The topological polar surface area (TPSA) is 31.0 Å². The lowest BCUT2D eigenvalue weighted by Crippen LogP contribution is -2.06. The number of rotatable bonds is 4. The molecule has 3 nitrogen and oxygen atoms in total. The van der Waals surface area contributed by atoms with E-state index in [1.165, 1.54) is 49.4 Å². The van der Waals surface area contributed by atoms with Gasteiger partial charge in [-0.1, -0.05) is 109 Å². The number of hydrogen-bond donors (Lipinski definition) is 0. The molecule has 1 aliphatic carbocycles. The summed E-state index contributed by atoms with van der Waals surface area (Å²) in [4.78, 5) is 5.08. The first-order valence-electron chi connectivity index (χ1n) is 16.6. The number of aromatic nitrogens is 2. The lowest BCUT2D eigenvalue weighted by Gasteiger charge is -2.22. The SMILES string of the molecule is C1=Cc2oc3cc(-n4c5ccccc5c5cc(-c6ccccc6)ccc54)ccc3c2C(c2cc(-c3ccccc3)nc3ccccc23)C1. The Balaban J connectivity index is 1.14. The Morgan fingerprint density at radius 1 is 0.562 bits per heavy atom. The van der Waals surface area contributed by atoms with Gasteiger partial charge < -0.3 is 8.98 Å². The molecule has 0 spiro atoms. The van der Waals surface area contributed by atoms with E-state index in [1.807, 2.05) is 0 Å². The Morgan fingerprint density at radius 2 is 1.29 bits per heavy atom. The van der Waals surface area contributed by atoms with Crippen LogP contribution in [0.15, 0.2) is 162 Å². The van der Waals surface area contributed by atoms with Gasteiger partial charge in [0.1, 0.15) is 11.3 Å². The Hall–Kier alpha value is -6.19. The largest absolute Gasteiger partial charge is 0.456 e. The summed E-state index contributed by atoms with van der Waals surface area (Å²) in [6, 6.07) is 54.1. The van der Waals surface area contributed by atoms with Crippen molar-refractivity contribution in [1.29, 1.82) is 0 Å². The molecule has 226 valence electrons. The second-order valence-corrected chi connectivity index (χ2v) is 12.7. The van der Waals surface area contributed by atoms with Crippen LogP contribution in [0.2, 0.25) is 0 Å². The number of nitrogens with zero attached hydrogens (tertiary/aromatic N) is 2. The molecule has 1 aliphatic rings. The maximum atomic E-state index is 6.69. The predicted molar refractivity (Wildman–Crippen MR) is 199 cm³/mol. The Labute approximate surface area is 278 Å². The molecule has 1 atom stereocenters. The van der Waals surface area contributed by atoms with Gasteiger partial charge in [-0.05, 0) is 71.7 Å². The van der Waals surface area contributed by atoms with Gasteiger partial charge in [-0.2, -0.15) is 0 Å². The van der Waals surface area contributed by atoms with Crippen LogP contribution in [0.4, 0.5) is 0 Å². The molecule has 48 heavy (non-hydrogen) atoms. The Morgan fingerprint density at radius 3 is 2.15 bits per heavy atom. The van der Waals surface area contributed by atoms with Gasteiger partial charge >= 0.3 is 0 Å². The molecule has 0 saturated carbocycles. The molecule has 0 amide bonds. The number of furan rings is 1. The number of pyridine rings is 1. The fourth-order valence-corrected chi connectivity index (χ4v) is 7.77. The van der Waals surface area contributed by atoms with E-state index in [0.29, 0.717) is 0 Å². The van der Waals surface area contributed by atoms with Gasteiger partial charge in [0, 0.05) is 50.3 Å². The Bertz CT molecular complexity index is 2700. The van der Waals surface area contributed by atoms with Crippen molar-refractivity contribution in [3.8, 4) is 28.1 Å². The normalized spacial score (nSPS) is 14.3. The molecule has 0 radical (unpaired) electrons. The lowest BCUT2D eigenvalue weighted by molar-refractivity contribution is 0.590. The summed E-state index contributed by atoms with van der Waals surface area (Å²) in [5.74, 6) is 1.09. The van der Waals surface area contributed by atoms with Crippen LogP contribution in [0.5, 0.6) is 0 Å². The average Bonchev–Trinajstić information content (AvgIpc) is 3.70. The van der Waals surface area contributed by atoms with Crippen LogP contribution >= 0.6 is 0 Å². The molecular formula is C45H30N2O. The van der Waals surface area contributed by atoms with Crippen LogP contribution in [-0.2, 0) is 0 Å².